The summed E-state index contributed by atoms with van der Waals surface area (Å²) in [5.74, 6) is -0.599. The molecule has 0 aliphatic rings. The highest BCUT2D eigenvalue weighted by atomic mass is 28.4. The van der Waals surface area contributed by atoms with E-state index in [0.717, 1.165) is 0 Å². The standard InChI is InChI=1S/C26H34O4Si/c1-6-29-25(28)20-19-22(27)18-17-21(2)30-31(26(3,4)5,23-13-9-7-10-14-23)24-15-11-8-12-16-24/h7-16,19-21H,6,17-18H2,1-5H3/b20-19+/t21-/m1/s1. The largest absolute Gasteiger partial charge is 0.463 e. The van der Waals surface area contributed by atoms with Gasteiger partial charge in [-0.05, 0) is 41.8 Å². The zero-order valence-electron chi connectivity index (χ0n) is 19.3. The van der Waals surface area contributed by atoms with E-state index in [0.29, 0.717) is 19.4 Å². The summed E-state index contributed by atoms with van der Waals surface area (Å²) in [5, 5.41) is 2.32. The molecule has 0 radical (unpaired) electrons. The SMILES string of the molecule is CCOC(=O)/C=C/C(=O)CC[C@@H](C)O[Si](c1ccccc1)(c1ccccc1)C(C)(C)C. The van der Waals surface area contributed by atoms with Crippen LogP contribution in [0.3, 0.4) is 0 Å². The number of ketones is 1. The fourth-order valence-corrected chi connectivity index (χ4v) is 8.57. The second-order valence-electron chi connectivity index (χ2n) is 8.68. The van der Waals surface area contributed by atoms with Crippen molar-refractivity contribution in [2.45, 2.75) is 58.6 Å². The second kappa shape index (κ2) is 11.2. The Morgan fingerprint density at radius 2 is 1.45 bits per heavy atom. The fourth-order valence-electron chi connectivity index (χ4n) is 3.83. The maximum absolute atomic E-state index is 12.2. The molecule has 2 aromatic carbocycles. The maximum Gasteiger partial charge on any atom is 0.330 e. The number of ether oxygens (including phenoxy) is 1. The first-order valence-corrected chi connectivity index (χ1v) is 12.8. The van der Waals surface area contributed by atoms with Crippen LogP contribution in [-0.4, -0.2) is 32.8 Å². The molecule has 5 heteroatoms. The van der Waals surface area contributed by atoms with Gasteiger partial charge in [0.05, 0.1) is 6.61 Å². The number of hydrogen-bond donors (Lipinski definition) is 0. The van der Waals surface area contributed by atoms with Gasteiger partial charge in [-0.15, -0.1) is 0 Å². The first-order valence-electron chi connectivity index (χ1n) is 10.9. The third-order valence-electron chi connectivity index (χ3n) is 5.28. The van der Waals surface area contributed by atoms with Gasteiger partial charge >= 0.3 is 5.97 Å². The number of carbonyl (C=O) groups is 2. The Hall–Kier alpha value is -2.50. The Kier molecular flexibility index (Phi) is 8.96. The molecule has 4 nitrogen and oxygen atoms in total. The van der Waals surface area contributed by atoms with Gasteiger partial charge in [0.1, 0.15) is 0 Å². The Balaban J connectivity index is 2.26. The number of allylic oxidation sites excluding steroid dienone is 1. The van der Waals surface area contributed by atoms with Crippen LogP contribution in [0.15, 0.2) is 72.8 Å². The van der Waals surface area contributed by atoms with E-state index in [9.17, 15) is 9.59 Å². The first kappa shape index (κ1) is 24.8. The third kappa shape index (κ3) is 6.49. The molecule has 1 atom stereocenters. The van der Waals surface area contributed by atoms with Crippen LogP contribution in [0, 0.1) is 0 Å². The summed E-state index contributed by atoms with van der Waals surface area (Å²) < 4.78 is 11.8. The lowest BCUT2D eigenvalue weighted by atomic mass is 10.1. The summed E-state index contributed by atoms with van der Waals surface area (Å²) in [6.45, 7) is 10.8. The second-order valence-corrected chi connectivity index (χ2v) is 12.9. The Bertz CT molecular complexity index is 830. The van der Waals surface area contributed by atoms with Crippen LogP contribution in [0.5, 0.6) is 0 Å². The lowest BCUT2D eigenvalue weighted by Gasteiger charge is -2.44. The summed E-state index contributed by atoms with van der Waals surface area (Å²) in [4.78, 5) is 23.6. The molecule has 2 aromatic rings. The molecule has 0 aliphatic carbocycles. The molecule has 0 saturated carbocycles. The highest BCUT2D eigenvalue weighted by molar-refractivity contribution is 6.99. The van der Waals surface area contributed by atoms with E-state index >= 15 is 0 Å². The molecule has 0 saturated heterocycles. The molecule has 166 valence electrons. The first-order chi connectivity index (χ1) is 14.7. The molecule has 0 amide bonds. The van der Waals surface area contributed by atoms with Gasteiger partial charge in [-0.3, -0.25) is 4.79 Å². The average molecular weight is 439 g/mol. The molecule has 0 aromatic heterocycles. The Labute approximate surface area is 187 Å². The zero-order chi connectivity index (χ0) is 22.9. The molecule has 31 heavy (non-hydrogen) atoms. The highest BCUT2D eigenvalue weighted by Gasteiger charge is 2.50. The van der Waals surface area contributed by atoms with Gasteiger partial charge in [-0.2, -0.15) is 0 Å². The van der Waals surface area contributed by atoms with E-state index in [2.05, 4.69) is 69.3 Å². The van der Waals surface area contributed by atoms with E-state index in [1.165, 1.54) is 22.5 Å². The number of rotatable bonds is 10. The minimum Gasteiger partial charge on any atom is -0.463 e. The van der Waals surface area contributed by atoms with Crippen molar-refractivity contribution in [1.29, 1.82) is 0 Å². The van der Waals surface area contributed by atoms with E-state index in [1.807, 2.05) is 19.1 Å². The van der Waals surface area contributed by atoms with Crippen molar-refractivity contribution in [1.82, 2.24) is 0 Å². The highest BCUT2D eigenvalue weighted by Crippen LogP contribution is 2.37. The van der Waals surface area contributed by atoms with Crippen LogP contribution < -0.4 is 10.4 Å². The predicted octanol–water partition coefficient (Wildman–Crippen LogP) is 4.42. The van der Waals surface area contributed by atoms with Crippen molar-refractivity contribution in [3.05, 3.63) is 72.8 Å². The molecule has 0 unspecified atom stereocenters. The molecule has 0 N–H and O–H groups in total. The molecular weight excluding hydrogens is 404 g/mol. The van der Waals surface area contributed by atoms with Crippen molar-refractivity contribution < 1.29 is 18.8 Å². The number of hydrogen-bond acceptors (Lipinski definition) is 4. The molecule has 0 aliphatic heterocycles. The van der Waals surface area contributed by atoms with Crippen LogP contribution in [0.2, 0.25) is 5.04 Å². The maximum atomic E-state index is 12.2. The number of esters is 1. The number of benzene rings is 2. The van der Waals surface area contributed by atoms with Crippen molar-refractivity contribution in [3.63, 3.8) is 0 Å². The van der Waals surface area contributed by atoms with E-state index in [1.54, 1.807) is 6.92 Å². The van der Waals surface area contributed by atoms with Crippen LogP contribution in [0.25, 0.3) is 0 Å². The van der Waals surface area contributed by atoms with Gasteiger partial charge in [0.25, 0.3) is 8.32 Å². The lowest BCUT2D eigenvalue weighted by Crippen LogP contribution is -2.67. The lowest BCUT2D eigenvalue weighted by molar-refractivity contribution is -0.137. The summed E-state index contributed by atoms with van der Waals surface area (Å²) in [6, 6.07) is 20.9. The average Bonchev–Trinajstić information content (AvgIpc) is 2.75. The Morgan fingerprint density at radius 1 is 0.935 bits per heavy atom. The van der Waals surface area contributed by atoms with Crippen LogP contribution in [0.1, 0.15) is 47.5 Å². The van der Waals surface area contributed by atoms with Crippen LogP contribution in [0.4, 0.5) is 0 Å². The summed E-state index contributed by atoms with van der Waals surface area (Å²) in [5.41, 5.74) is 0. The smallest absolute Gasteiger partial charge is 0.330 e. The monoisotopic (exact) mass is 438 g/mol. The molecule has 2 rings (SSSR count). The minimum absolute atomic E-state index is 0.106. The van der Waals surface area contributed by atoms with Crippen molar-refractivity contribution >= 4 is 30.4 Å². The van der Waals surface area contributed by atoms with Gasteiger partial charge in [0.2, 0.25) is 0 Å². The molecule has 0 bridgehead atoms. The van der Waals surface area contributed by atoms with E-state index in [4.69, 9.17) is 9.16 Å². The zero-order valence-corrected chi connectivity index (χ0v) is 20.3. The Morgan fingerprint density at radius 3 is 1.90 bits per heavy atom. The normalized spacial score (nSPS) is 13.2. The topological polar surface area (TPSA) is 52.6 Å². The molecule has 0 fully saturated rings. The van der Waals surface area contributed by atoms with Gasteiger partial charge in [0.15, 0.2) is 5.78 Å². The molecule has 0 spiro atoms. The fraction of sp³-hybridized carbons (Fsp3) is 0.385. The molecular formula is C26H34O4Si. The van der Waals surface area contributed by atoms with Gasteiger partial charge in [0, 0.05) is 18.6 Å². The summed E-state index contributed by atoms with van der Waals surface area (Å²) in [6.07, 6.45) is 3.27. The quantitative estimate of drug-likeness (QED) is 0.313. The minimum atomic E-state index is -2.63. The van der Waals surface area contributed by atoms with Crippen molar-refractivity contribution in [2.24, 2.45) is 0 Å². The van der Waals surface area contributed by atoms with E-state index < -0.39 is 14.3 Å². The van der Waals surface area contributed by atoms with Crippen LogP contribution in [-0.2, 0) is 18.8 Å². The summed E-state index contributed by atoms with van der Waals surface area (Å²) >= 11 is 0. The third-order valence-corrected chi connectivity index (χ3v) is 10.4. The van der Waals surface area contributed by atoms with Gasteiger partial charge in [-0.1, -0.05) is 81.4 Å². The molecule has 0 heterocycles. The van der Waals surface area contributed by atoms with Gasteiger partial charge in [-0.25, -0.2) is 4.79 Å². The van der Waals surface area contributed by atoms with Crippen molar-refractivity contribution in [2.75, 3.05) is 6.61 Å². The van der Waals surface area contributed by atoms with Crippen molar-refractivity contribution in [3.8, 4) is 0 Å². The van der Waals surface area contributed by atoms with E-state index in [-0.39, 0.29) is 16.9 Å². The van der Waals surface area contributed by atoms with Crippen LogP contribution >= 0.6 is 0 Å². The van der Waals surface area contributed by atoms with Gasteiger partial charge < -0.3 is 9.16 Å². The summed E-state index contributed by atoms with van der Waals surface area (Å²) in [7, 11) is -2.63. The number of carbonyl (C=O) groups excluding carboxylic acids is 2. The predicted molar refractivity (Wildman–Crippen MR) is 128 cm³/mol.